The van der Waals surface area contributed by atoms with Crippen LogP contribution in [0.3, 0.4) is 0 Å². The molecule has 1 atom stereocenters. The maximum absolute atomic E-state index is 6.03. The van der Waals surface area contributed by atoms with Gasteiger partial charge in [0.1, 0.15) is 5.76 Å². The van der Waals surface area contributed by atoms with Crippen molar-refractivity contribution in [1.29, 1.82) is 0 Å². The van der Waals surface area contributed by atoms with Crippen molar-refractivity contribution in [2.45, 2.75) is 32.5 Å². The number of fused-ring (bicyclic) bond motifs is 1. The lowest BCUT2D eigenvalue weighted by Gasteiger charge is -2.12. The van der Waals surface area contributed by atoms with Gasteiger partial charge in [-0.25, -0.2) is 0 Å². The molecule has 4 aromatic rings. The molecule has 0 spiro atoms. The summed E-state index contributed by atoms with van der Waals surface area (Å²) in [5.74, 6) is 2.09. The van der Waals surface area contributed by atoms with E-state index in [0.717, 1.165) is 42.2 Å². The summed E-state index contributed by atoms with van der Waals surface area (Å²) in [6.07, 6.45) is 3.70. The summed E-state index contributed by atoms with van der Waals surface area (Å²) >= 11 is 0. The highest BCUT2D eigenvalue weighted by molar-refractivity contribution is 5.59. The summed E-state index contributed by atoms with van der Waals surface area (Å²) in [7, 11) is 2.12. The van der Waals surface area contributed by atoms with Crippen molar-refractivity contribution in [2.75, 3.05) is 25.9 Å². The van der Waals surface area contributed by atoms with Crippen LogP contribution in [0.15, 0.2) is 40.9 Å². The number of nitrogens with two attached hydrogens (primary N) is 1. The molecular formula is C22H25N7O2. The van der Waals surface area contributed by atoms with E-state index in [0.29, 0.717) is 30.3 Å². The molecule has 0 radical (unpaired) electrons. The quantitative estimate of drug-likeness (QED) is 0.508. The molecule has 0 saturated carbocycles. The lowest BCUT2D eigenvalue weighted by atomic mass is 10.1. The highest BCUT2D eigenvalue weighted by Crippen LogP contribution is 2.23. The van der Waals surface area contributed by atoms with E-state index >= 15 is 0 Å². The minimum absolute atomic E-state index is 0.176. The summed E-state index contributed by atoms with van der Waals surface area (Å²) in [6.45, 7) is 4.45. The van der Waals surface area contributed by atoms with Gasteiger partial charge in [0, 0.05) is 30.8 Å². The number of aryl methyl sites for hydroxylation is 1. The van der Waals surface area contributed by atoms with Gasteiger partial charge in [0.15, 0.2) is 11.4 Å². The molecule has 2 N–H and O–H groups in total. The molecule has 9 nitrogen and oxygen atoms in total. The number of hydrogen-bond acceptors (Lipinski definition) is 8. The van der Waals surface area contributed by atoms with Crippen molar-refractivity contribution >= 4 is 11.6 Å². The SMILES string of the molecule is Cc1ccc(-c2nc(N)nc3c(Cc4cccc(CO[C@H]5CCN(C)C5)n4)cnn23)o1. The van der Waals surface area contributed by atoms with Crippen molar-refractivity contribution in [3.8, 4) is 11.6 Å². The number of furan rings is 1. The van der Waals surface area contributed by atoms with Crippen molar-refractivity contribution in [1.82, 2.24) is 29.5 Å². The number of pyridine rings is 1. The normalized spacial score (nSPS) is 17.0. The summed E-state index contributed by atoms with van der Waals surface area (Å²) in [5, 5.41) is 4.48. The Morgan fingerprint density at radius 3 is 2.81 bits per heavy atom. The number of likely N-dealkylation sites (N-methyl/N-ethyl adjacent to an activating group) is 1. The maximum Gasteiger partial charge on any atom is 0.224 e. The molecule has 1 aliphatic heterocycles. The number of rotatable bonds is 6. The predicted octanol–water partition coefficient (Wildman–Crippen LogP) is 2.48. The van der Waals surface area contributed by atoms with Crippen LogP contribution in [0.5, 0.6) is 0 Å². The van der Waals surface area contributed by atoms with Gasteiger partial charge in [0.25, 0.3) is 0 Å². The summed E-state index contributed by atoms with van der Waals surface area (Å²) in [5.41, 5.74) is 9.39. The molecule has 0 aromatic carbocycles. The van der Waals surface area contributed by atoms with Gasteiger partial charge in [-0.05, 0) is 44.7 Å². The second kappa shape index (κ2) is 8.09. The lowest BCUT2D eigenvalue weighted by Crippen LogP contribution is -2.19. The van der Waals surface area contributed by atoms with Gasteiger partial charge >= 0.3 is 0 Å². The summed E-state index contributed by atoms with van der Waals surface area (Å²) < 4.78 is 13.4. The van der Waals surface area contributed by atoms with Gasteiger partial charge in [-0.3, -0.25) is 4.98 Å². The van der Waals surface area contributed by atoms with Crippen LogP contribution in [0.1, 0.15) is 29.1 Å². The number of anilines is 1. The van der Waals surface area contributed by atoms with E-state index in [1.807, 2.05) is 37.3 Å². The molecule has 31 heavy (non-hydrogen) atoms. The van der Waals surface area contributed by atoms with Crippen molar-refractivity contribution < 1.29 is 9.15 Å². The minimum Gasteiger partial charge on any atom is -0.458 e. The first-order valence-corrected chi connectivity index (χ1v) is 10.4. The van der Waals surface area contributed by atoms with Crippen LogP contribution < -0.4 is 5.73 Å². The van der Waals surface area contributed by atoms with E-state index in [1.54, 1.807) is 10.7 Å². The van der Waals surface area contributed by atoms with Crippen LogP contribution in [0.4, 0.5) is 5.95 Å². The fourth-order valence-corrected chi connectivity index (χ4v) is 3.92. The summed E-state index contributed by atoms with van der Waals surface area (Å²) in [4.78, 5) is 15.8. The molecule has 0 bridgehead atoms. The lowest BCUT2D eigenvalue weighted by molar-refractivity contribution is 0.0464. The van der Waals surface area contributed by atoms with Gasteiger partial charge in [0.2, 0.25) is 11.8 Å². The Bertz CT molecular complexity index is 1220. The first-order valence-electron chi connectivity index (χ1n) is 10.4. The number of aromatic nitrogens is 5. The molecule has 0 amide bonds. The zero-order chi connectivity index (χ0) is 21.4. The van der Waals surface area contributed by atoms with Gasteiger partial charge in [-0.2, -0.15) is 19.6 Å². The third kappa shape index (κ3) is 4.14. The topological polar surface area (TPSA) is 108 Å². The van der Waals surface area contributed by atoms with E-state index in [9.17, 15) is 0 Å². The second-order valence-electron chi connectivity index (χ2n) is 8.00. The van der Waals surface area contributed by atoms with Gasteiger partial charge in [0.05, 0.1) is 24.6 Å². The highest BCUT2D eigenvalue weighted by atomic mass is 16.5. The van der Waals surface area contributed by atoms with Gasteiger partial charge in [-0.1, -0.05) is 6.07 Å². The number of nitrogens with zero attached hydrogens (tertiary/aromatic N) is 6. The molecule has 9 heteroatoms. The largest absolute Gasteiger partial charge is 0.458 e. The Morgan fingerprint density at radius 2 is 2.03 bits per heavy atom. The number of nitrogen functional groups attached to an aromatic ring is 1. The van der Waals surface area contributed by atoms with E-state index in [1.165, 1.54) is 0 Å². The average molecular weight is 419 g/mol. The van der Waals surface area contributed by atoms with Crippen LogP contribution in [-0.4, -0.2) is 55.7 Å². The zero-order valence-electron chi connectivity index (χ0n) is 17.7. The third-order valence-electron chi connectivity index (χ3n) is 5.47. The molecule has 0 aliphatic carbocycles. The van der Waals surface area contributed by atoms with E-state index in [-0.39, 0.29) is 12.1 Å². The molecule has 1 aliphatic rings. The maximum atomic E-state index is 6.03. The van der Waals surface area contributed by atoms with Crippen LogP contribution in [0, 0.1) is 6.92 Å². The molecule has 0 unspecified atom stereocenters. The van der Waals surface area contributed by atoms with E-state index in [4.69, 9.17) is 19.9 Å². The Kier molecular flexibility index (Phi) is 5.13. The minimum atomic E-state index is 0.176. The average Bonchev–Trinajstić information content (AvgIpc) is 3.47. The van der Waals surface area contributed by atoms with Crippen LogP contribution >= 0.6 is 0 Å². The first-order chi connectivity index (χ1) is 15.0. The summed E-state index contributed by atoms with van der Waals surface area (Å²) in [6, 6.07) is 9.73. The Morgan fingerprint density at radius 1 is 1.16 bits per heavy atom. The van der Waals surface area contributed by atoms with Gasteiger partial charge in [-0.15, -0.1) is 0 Å². The molecule has 1 saturated heterocycles. The smallest absolute Gasteiger partial charge is 0.224 e. The molecule has 1 fully saturated rings. The Labute approximate surface area is 179 Å². The number of ether oxygens (including phenoxy) is 1. The monoisotopic (exact) mass is 419 g/mol. The fourth-order valence-electron chi connectivity index (χ4n) is 3.92. The Balaban J connectivity index is 1.38. The molecule has 4 aromatic heterocycles. The number of likely N-dealkylation sites (tertiary alicyclic amines) is 1. The van der Waals surface area contributed by atoms with Crippen molar-refractivity contribution in [3.63, 3.8) is 0 Å². The standard InChI is InChI=1S/C22H25N7O2/c1-14-6-7-19(31-14)21-27-22(23)26-20-15(11-24-29(20)21)10-16-4-3-5-17(25-16)13-30-18-8-9-28(2)12-18/h3-7,11,18H,8-10,12-13H2,1-2H3,(H2,23,26)/t18-/m0/s1. The van der Waals surface area contributed by atoms with Crippen LogP contribution in [-0.2, 0) is 17.8 Å². The van der Waals surface area contributed by atoms with Crippen LogP contribution in [0.2, 0.25) is 0 Å². The van der Waals surface area contributed by atoms with Crippen molar-refractivity contribution in [3.05, 3.63) is 59.2 Å². The number of hydrogen-bond donors (Lipinski definition) is 1. The molecule has 5 rings (SSSR count). The van der Waals surface area contributed by atoms with Crippen molar-refractivity contribution in [2.24, 2.45) is 0 Å². The van der Waals surface area contributed by atoms with E-state index in [2.05, 4.69) is 27.0 Å². The van der Waals surface area contributed by atoms with Crippen LogP contribution in [0.25, 0.3) is 17.2 Å². The molecular weight excluding hydrogens is 394 g/mol. The second-order valence-corrected chi connectivity index (χ2v) is 8.00. The predicted molar refractivity (Wildman–Crippen MR) is 115 cm³/mol. The Hall–Kier alpha value is -3.30. The molecule has 160 valence electrons. The highest BCUT2D eigenvalue weighted by Gasteiger charge is 2.20. The van der Waals surface area contributed by atoms with E-state index < -0.39 is 0 Å². The third-order valence-corrected chi connectivity index (χ3v) is 5.47. The fraction of sp³-hybridized carbons (Fsp3) is 0.364. The molecule has 5 heterocycles. The van der Waals surface area contributed by atoms with Gasteiger partial charge < -0.3 is 19.8 Å². The first kappa shape index (κ1) is 19.7. The zero-order valence-corrected chi connectivity index (χ0v) is 17.7.